The fourth-order valence-corrected chi connectivity index (χ4v) is 3.11. The number of benzene rings is 1. The van der Waals surface area contributed by atoms with Gasteiger partial charge in [0.15, 0.2) is 5.78 Å². The van der Waals surface area contributed by atoms with Crippen LogP contribution in [0.4, 0.5) is 5.69 Å². The van der Waals surface area contributed by atoms with Crippen LogP contribution < -0.4 is 5.32 Å². The number of carbonyl (C=O) groups is 1. The molecular weight excluding hydrogens is 270 g/mol. The Kier molecular flexibility index (Phi) is 5.10. The van der Waals surface area contributed by atoms with Gasteiger partial charge in [-0.3, -0.25) is 4.79 Å². The van der Waals surface area contributed by atoms with E-state index in [4.69, 9.17) is 0 Å². The van der Waals surface area contributed by atoms with E-state index in [0.717, 1.165) is 30.5 Å². The predicted molar refractivity (Wildman–Crippen MR) is 94.0 cm³/mol. The number of rotatable bonds is 4. The second kappa shape index (κ2) is 6.68. The third kappa shape index (κ3) is 3.60. The van der Waals surface area contributed by atoms with Gasteiger partial charge in [0.2, 0.25) is 0 Å². The summed E-state index contributed by atoms with van der Waals surface area (Å²) in [5.41, 5.74) is 4.87. The molecule has 0 radical (unpaired) electrons. The van der Waals surface area contributed by atoms with Crippen molar-refractivity contribution in [2.45, 2.75) is 60.3 Å². The molecular formula is C20H29NO. The molecule has 1 aliphatic rings. The summed E-state index contributed by atoms with van der Waals surface area (Å²) in [6.45, 7) is 11.1. The maximum atomic E-state index is 12.2. The number of nitrogens with one attached hydrogen (secondary N) is 1. The molecule has 0 bridgehead atoms. The molecule has 1 aromatic carbocycles. The minimum atomic E-state index is 0.305. The Balaban J connectivity index is 2.15. The van der Waals surface area contributed by atoms with Gasteiger partial charge in [-0.05, 0) is 55.2 Å². The minimum Gasteiger partial charge on any atom is -0.361 e. The van der Waals surface area contributed by atoms with Crippen molar-refractivity contribution in [3.8, 4) is 0 Å². The summed E-state index contributed by atoms with van der Waals surface area (Å²) in [5.74, 6) is 0.905. The average Bonchev–Trinajstić information content (AvgIpc) is 2.50. The Bertz CT molecular complexity index is 583. The lowest BCUT2D eigenvalue weighted by atomic mass is 9.68. The van der Waals surface area contributed by atoms with Gasteiger partial charge in [-0.25, -0.2) is 0 Å². The van der Waals surface area contributed by atoms with Crippen molar-refractivity contribution in [1.82, 2.24) is 0 Å². The lowest BCUT2D eigenvalue weighted by Crippen LogP contribution is -2.29. The molecule has 1 fully saturated rings. The fraction of sp³-hybridized carbons (Fsp3) is 0.550. The second-order valence-corrected chi connectivity index (χ2v) is 7.27. The second-order valence-electron chi connectivity index (χ2n) is 7.27. The van der Waals surface area contributed by atoms with E-state index in [1.807, 2.05) is 6.20 Å². The normalized spacial score (nSPS) is 21.2. The molecule has 2 heteroatoms. The summed E-state index contributed by atoms with van der Waals surface area (Å²) in [5, 5.41) is 3.36. The predicted octanol–water partition coefficient (Wildman–Crippen LogP) is 5.40. The monoisotopic (exact) mass is 299 g/mol. The lowest BCUT2D eigenvalue weighted by molar-refractivity contribution is -0.117. The number of anilines is 1. The number of aryl methyl sites for hydroxylation is 1. The van der Waals surface area contributed by atoms with Crippen molar-refractivity contribution in [2.75, 3.05) is 5.32 Å². The molecule has 2 nitrogen and oxygen atoms in total. The van der Waals surface area contributed by atoms with Gasteiger partial charge in [0.05, 0.1) is 0 Å². The molecule has 22 heavy (non-hydrogen) atoms. The van der Waals surface area contributed by atoms with Crippen LogP contribution in [0.5, 0.6) is 0 Å². The van der Waals surface area contributed by atoms with E-state index in [9.17, 15) is 4.79 Å². The quantitative estimate of drug-likeness (QED) is 0.754. The maximum Gasteiger partial charge on any atom is 0.160 e. The van der Waals surface area contributed by atoms with Gasteiger partial charge in [0.1, 0.15) is 0 Å². The van der Waals surface area contributed by atoms with E-state index in [-0.39, 0.29) is 0 Å². The van der Waals surface area contributed by atoms with Crippen LogP contribution in [-0.2, 0) is 4.79 Å². The van der Waals surface area contributed by atoms with Crippen molar-refractivity contribution in [3.05, 3.63) is 41.1 Å². The van der Waals surface area contributed by atoms with Crippen molar-refractivity contribution in [1.29, 1.82) is 0 Å². The van der Waals surface area contributed by atoms with Gasteiger partial charge < -0.3 is 5.32 Å². The first-order chi connectivity index (χ1) is 10.3. The first-order valence-corrected chi connectivity index (χ1v) is 8.40. The molecule has 0 amide bonds. The maximum absolute atomic E-state index is 12.2. The van der Waals surface area contributed by atoms with Crippen molar-refractivity contribution in [3.63, 3.8) is 0 Å². The number of hydrogen-bond donors (Lipinski definition) is 1. The van der Waals surface area contributed by atoms with Gasteiger partial charge >= 0.3 is 0 Å². The number of Topliss-reactive ketones (excluding diaryl/α,β-unsaturated/α-hetero) is 1. The topological polar surface area (TPSA) is 29.1 Å². The highest BCUT2D eigenvalue weighted by atomic mass is 16.1. The zero-order chi connectivity index (χ0) is 16.3. The van der Waals surface area contributed by atoms with Crippen molar-refractivity contribution in [2.24, 2.45) is 11.3 Å². The molecule has 0 heterocycles. The highest BCUT2D eigenvalue weighted by Gasteiger charge is 2.33. The third-order valence-corrected chi connectivity index (χ3v) is 5.57. The summed E-state index contributed by atoms with van der Waals surface area (Å²) in [7, 11) is 0. The minimum absolute atomic E-state index is 0.305. The van der Waals surface area contributed by atoms with E-state index in [0.29, 0.717) is 23.5 Å². The van der Waals surface area contributed by atoms with E-state index in [1.54, 1.807) is 0 Å². The fourth-order valence-electron chi connectivity index (χ4n) is 3.11. The molecule has 1 atom stereocenters. The number of ketones is 1. The van der Waals surface area contributed by atoms with E-state index >= 15 is 0 Å². The molecule has 1 N–H and O–H groups in total. The van der Waals surface area contributed by atoms with Crippen LogP contribution in [0.3, 0.4) is 0 Å². The van der Waals surface area contributed by atoms with Crippen LogP contribution in [0.1, 0.15) is 57.6 Å². The number of allylic oxidation sites excluding steroid dienone is 1. The zero-order valence-electron chi connectivity index (χ0n) is 14.6. The van der Waals surface area contributed by atoms with Crippen LogP contribution in [-0.4, -0.2) is 5.78 Å². The molecule has 120 valence electrons. The summed E-state index contributed by atoms with van der Waals surface area (Å²) in [6, 6.07) is 6.23. The van der Waals surface area contributed by atoms with Crippen LogP contribution in [0.25, 0.3) is 0 Å². The van der Waals surface area contributed by atoms with Crippen LogP contribution in [0, 0.1) is 25.2 Å². The Morgan fingerprint density at radius 2 is 2.05 bits per heavy atom. The molecule has 1 aromatic rings. The van der Waals surface area contributed by atoms with Gasteiger partial charge in [-0.1, -0.05) is 39.3 Å². The SMILES string of the molecule is CCC(C)(C)[C@H]1CCC(=O)/C(=C/Nc2cccc(C)c2C)C1. The Morgan fingerprint density at radius 3 is 2.73 bits per heavy atom. The van der Waals surface area contributed by atoms with Gasteiger partial charge in [-0.2, -0.15) is 0 Å². The third-order valence-electron chi connectivity index (χ3n) is 5.57. The van der Waals surface area contributed by atoms with Crippen LogP contribution in [0.15, 0.2) is 30.0 Å². The molecule has 0 spiro atoms. The van der Waals surface area contributed by atoms with Gasteiger partial charge in [0, 0.05) is 23.9 Å². The lowest BCUT2D eigenvalue weighted by Gasteiger charge is -2.36. The molecule has 0 unspecified atom stereocenters. The highest BCUT2D eigenvalue weighted by Crippen LogP contribution is 2.41. The van der Waals surface area contributed by atoms with Crippen LogP contribution >= 0.6 is 0 Å². The summed E-state index contributed by atoms with van der Waals surface area (Å²) in [6.07, 6.45) is 5.72. The summed E-state index contributed by atoms with van der Waals surface area (Å²) >= 11 is 0. The standard InChI is InChI=1S/C20H29NO/c1-6-20(4,5)17-10-11-19(22)16(12-17)13-21-18-9-7-8-14(2)15(18)3/h7-9,13,17,21H,6,10-12H2,1-5H3/b16-13+/t17-/m0/s1. The summed E-state index contributed by atoms with van der Waals surface area (Å²) < 4.78 is 0. The van der Waals surface area contributed by atoms with Crippen molar-refractivity contribution < 1.29 is 4.79 Å². The molecule has 0 aromatic heterocycles. The Hall–Kier alpha value is -1.57. The van der Waals surface area contributed by atoms with Gasteiger partial charge in [0.25, 0.3) is 0 Å². The number of carbonyl (C=O) groups excluding carboxylic acids is 1. The van der Waals surface area contributed by atoms with Crippen molar-refractivity contribution >= 4 is 11.5 Å². The average molecular weight is 299 g/mol. The van der Waals surface area contributed by atoms with Crippen LogP contribution in [0.2, 0.25) is 0 Å². The molecule has 1 saturated carbocycles. The zero-order valence-corrected chi connectivity index (χ0v) is 14.6. The number of hydrogen-bond acceptors (Lipinski definition) is 2. The smallest absolute Gasteiger partial charge is 0.160 e. The molecule has 0 saturated heterocycles. The van der Waals surface area contributed by atoms with E-state index < -0.39 is 0 Å². The molecule has 0 aliphatic heterocycles. The van der Waals surface area contributed by atoms with Gasteiger partial charge in [-0.15, -0.1) is 0 Å². The first kappa shape index (κ1) is 16.8. The highest BCUT2D eigenvalue weighted by molar-refractivity contribution is 5.96. The molecule has 1 aliphatic carbocycles. The van der Waals surface area contributed by atoms with E-state index in [2.05, 4.69) is 58.1 Å². The Labute approximate surface area is 135 Å². The Morgan fingerprint density at radius 1 is 1.32 bits per heavy atom. The largest absolute Gasteiger partial charge is 0.361 e. The first-order valence-electron chi connectivity index (χ1n) is 8.40. The summed E-state index contributed by atoms with van der Waals surface area (Å²) in [4.78, 5) is 12.2. The van der Waals surface area contributed by atoms with E-state index in [1.165, 1.54) is 11.1 Å². The molecule has 2 rings (SSSR count).